The summed E-state index contributed by atoms with van der Waals surface area (Å²) < 4.78 is 8.71. The Morgan fingerprint density at radius 3 is 1.68 bits per heavy atom. The molecule has 0 aliphatic heterocycles. The minimum Gasteiger partial charge on any atom is -0.456 e. The van der Waals surface area contributed by atoms with Crippen LogP contribution in [0.5, 0.6) is 0 Å². The molecule has 0 saturated heterocycles. The third kappa shape index (κ3) is 5.36. The average Bonchev–Trinajstić information content (AvgIpc) is 3.85. The molecule has 0 fully saturated rings. The fourth-order valence-corrected chi connectivity index (χ4v) is 9.29. The van der Waals surface area contributed by atoms with Gasteiger partial charge in [-0.1, -0.05) is 152 Å². The van der Waals surface area contributed by atoms with Crippen LogP contribution in [0.4, 0.5) is 17.1 Å². The number of furan rings is 1. The standard InChI is InChI=1S/C56H36N2O/c1-2-19-45-38(14-1)34-54(47-21-6-5-20-46(45)47)57(41-15-13-16-42(36-41)58-52-25-10-7-22-48(52)49-23-8-11-26-53(49)58)40-31-28-37(29-32-40)43-17-3-4-18-44(43)39-30-33-51-50-24-9-12-27-55(50)59-56(51)35-39/h1-36H. The van der Waals surface area contributed by atoms with Crippen LogP contribution in [0.15, 0.2) is 223 Å². The van der Waals surface area contributed by atoms with Crippen molar-refractivity contribution in [1.82, 2.24) is 4.57 Å². The molecule has 10 aromatic carbocycles. The Morgan fingerprint density at radius 1 is 0.339 bits per heavy atom. The Hall–Kier alpha value is -7.88. The quantitative estimate of drug-likeness (QED) is 0.158. The number of rotatable bonds is 6. The van der Waals surface area contributed by atoms with Crippen molar-refractivity contribution in [3.8, 4) is 27.9 Å². The number of aromatic nitrogens is 1. The maximum Gasteiger partial charge on any atom is 0.136 e. The number of hydrogen-bond donors (Lipinski definition) is 0. The molecular weight excluding hydrogens is 717 g/mol. The summed E-state index contributed by atoms with van der Waals surface area (Å²) in [6.45, 7) is 0. The van der Waals surface area contributed by atoms with Crippen LogP contribution in [0.1, 0.15) is 0 Å². The summed E-state index contributed by atoms with van der Waals surface area (Å²) in [6.07, 6.45) is 0. The maximum absolute atomic E-state index is 6.31. The summed E-state index contributed by atoms with van der Waals surface area (Å²) in [7, 11) is 0. The zero-order chi connectivity index (χ0) is 38.9. The van der Waals surface area contributed by atoms with Crippen LogP contribution in [-0.4, -0.2) is 4.57 Å². The number of fused-ring (bicyclic) bond motifs is 9. The van der Waals surface area contributed by atoms with Gasteiger partial charge in [-0.2, -0.15) is 0 Å². The maximum atomic E-state index is 6.31. The summed E-state index contributed by atoms with van der Waals surface area (Å²) >= 11 is 0. The number of nitrogens with zero attached hydrogens (tertiary/aromatic N) is 2. The van der Waals surface area contributed by atoms with E-state index in [1.807, 2.05) is 12.1 Å². The van der Waals surface area contributed by atoms with Gasteiger partial charge in [-0.25, -0.2) is 0 Å². The molecule has 12 aromatic rings. The highest BCUT2D eigenvalue weighted by Gasteiger charge is 2.20. The van der Waals surface area contributed by atoms with Crippen LogP contribution in [0.2, 0.25) is 0 Å². The van der Waals surface area contributed by atoms with Crippen molar-refractivity contribution in [1.29, 1.82) is 0 Å². The monoisotopic (exact) mass is 752 g/mol. The Bertz CT molecular complexity index is 3520. The molecule has 0 N–H and O–H groups in total. The predicted octanol–water partition coefficient (Wildman–Crippen LogP) is 15.8. The van der Waals surface area contributed by atoms with Crippen molar-refractivity contribution in [2.75, 3.05) is 4.90 Å². The number of hydrogen-bond acceptors (Lipinski definition) is 2. The van der Waals surface area contributed by atoms with Crippen LogP contribution in [0.25, 0.3) is 93.2 Å². The topological polar surface area (TPSA) is 21.3 Å². The van der Waals surface area contributed by atoms with Gasteiger partial charge in [-0.3, -0.25) is 0 Å². The molecule has 2 heterocycles. The first-order valence-corrected chi connectivity index (χ1v) is 20.2. The highest BCUT2D eigenvalue weighted by atomic mass is 16.3. The molecule has 3 heteroatoms. The lowest BCUT2D eigenvalue weighted by Gasteiger charge is -2.28. The number of benzene rings is 10. The summed E-state index contributed by atoms with van der Waals surface area (Å²) in [6, 6.07) is 78.8. The van der Waals surface area contributed by atoms with E-state index >= 15 is 0 Å². The van der Waals surface area contributed by atoms with Gasteiger partial charge in [0.15, 0.2) is 0 Å². The Balaban J connectivity index is 1.03. The van der Waals surface area contributed by atoms with Crippen molar-refractivity contribution in [3.05, 3.63) is 218 Å². The van der Waals surface area contributed by atoms with E-state index in [1.54, 1.807) is 0 Å². The SMILES string of the molecule is c1cc(N(c2ccc(-c3ccccc3-c3ccc4c(c3)oc3ccccc34)cc2)c2cc3ccccc3c3ccccc23)cc(-n2c3ccccc3c3ccccc32)c1. The predicted molar refractivity (Wildman–Crippen MR) is 249 cm³/mol. The lowest BCUT2D eigenvalue weighted by molar-refractivity contribution is 0.669. The first-order valence-electron chi connectivity index (χ1n) is 20.2. The van der Waals surface area contributed by atoms with Crippen molar-refractivity contribution < 1.29 is 4.42 Å². The molecule has 0 atom stereocenters. The van der Waals surface area contributed by atoms with E-state index in [4.69, 9.17) is 4.42 Å². The van der Waals surface area contributed by atoms with E-state index in [0.717, 1.165) is 55.8 Å². The second kappa shape index (κ2) is 13.4. The van der Waals surface area contributed by atoms with Gasteiger partial charge in [0, 0.05) is 44.0 Å². The van der Waals surface area contributed by atoms with Gasteiger partial charge in [-0.05, 0) is 105 Å². The third-order valence-corrected chi connectivity index (χ3v) is 12.0. The van der Waals surface area contributed by atoms with E-state index < -0.39 is 0 Å². The molecule has 0 amide bonds. The largest absolute Gasteiger partial charge is 0.456 e. The van der Waals surface area contributed by atoms with Gasteiger partial charge in [0.05, 0.1) is 16.7 Å². The third-order valence-electron chi connectivity index (χ3n) is 12.0. The molecule has 2 aromatic heterocycles. The van der Waals surface area contributed by atoms with Crippen molar-refractivity contribution in [3.63, 3.8) is 0 Å². The van der Waals surface area contributed by atoms with E-state index in [-0.39, 0.29) is 0 Å². The van der Waals surface area contributed by atoms with Gasteiger partial charge >= 0.3 is 0 Å². The fraction of sp³-hybridized carbons (Fsp3) is 0. The molecule has 0 spiro atoms. The first kappa shape index (κ1) is 33.3. The average molecular weight is 753 g/mol. The fourth-order valence-electron chi connectivity index (χ4n) is 9.29. The smallest absolute Gasteiger partial charge is 0.136 e. The molecular formula is C56H36N2O. The van der Waals surface area contributed by atoms with Crippen LogP contribution in [-0.2, 0) is 0 Å². The zero-order valence-corrected chi connectivity index (χ0v) is 32.1. The van der Waals surface area contributed by atoms with Gasteiger partial charge in [0.2, 0.25) is 0 Å². The van der Waals surface area contributed by atoms with Crippen LogP contribution < -0.4 is 4.90 Å². The second-order valence-electron chi connectivity index (χ2n) is 15.3. The van der Waals surface area contributed by atoms with Gasteiger partial charge in [0.1, 0.15) is 11.2 Å². The van der Waals surface area contributed by atoms with Crippen molar-refractivity contribution in [2.45, 2.75) is 0 Å². The Labute approximate surface area is 341 Å². The normalized spacial score (nSPS) is 11.7. The van der Waals surface area contributed by atoms with Crippen molar-refractivity contribution >= 4 is 82.4 Å². The number of anilines is 3. The second-order valence-corrected chi connectivity index (χ2v) is 15.3. The van der Waals surface area contributed by atoms with Crippen molar-refractivity contribution in [2.24, 2.45) is 0 Å². The van der Waals surface area contributed by atoms with Gasteiger partial charge < -0.3 is 13.9 Å². The van der Waals surface area contributed by atoms with Gasteiger partial charge in [0.25, 0.3) is 0 Å². The lowest BCUT2D eigenvalue weighted by Crippen LogP contribution is -2.11. The van der Waals surface area contributed by atoms with Gasteiger partial charge in [-0.15, -0.1) is 0 Å². The van der Waals surface area contributed by atoms with E-state index in [2.05, 4.69) is 216 Å². The summed E-state index contributed by atoms with van der Waals surface area (Å²) in [5.41, 5.74) is 13.2. The minimum absolute atomic E-state index is 0.898. The summed E-state index contributed by atoms with van der Waals surface area (Å²) in [4.78, 5) is 2.43. The van der Waals surface area contributed by atoms with E-state index in [9.17, 15) is 0 Å². The highest BCUT2D eigenvalue weighted by Crippen LogP contribution is 2.44. The molecule has 276 valence electrons. The van der Waals surface area contributed by atoms with Crippen LogP contribution >= 0.6 is 0 Å². The van der Waals surface area contributed by atoms with E-state index in [1.165, 1.54) is 54.5 Å². The molecule has 59 heavy (non-hydrogen) atoms. The summed E-state index contributed by atoms with van der Waals surface area (Å²) in [5.74, 6) is 0. The molecule has 12 rings (SSSR count). The van der Waals surface area contributed by atoms with Crippen LogP contribution in [0, 0.1) is 0 Å². The first-order chi connectivity index (χ1) is 29.3. The molecule has 3 nitrogen and oxygen atoms in total. The lowest BCUT2D eigenvalue weighted by atomic mass is 9.93. The molecule has 0 saturated carbocycles. The molecule has 0 aliphatic rings. The highest BCUT2D eigenvalue weighted by molar-refractivity contribution is 6.15. The molecule has 0 radical (unpaired) electrons. The minimum atomic E-state index is 0.898. The molecule has 0 aliphatic carbocycles. The zero-order valence-electron chi connectivity index (χ0n) is 32.1. The van der Waals surface area contributed by atoms with Crippen LogP contribution in [0.3, 0.4) is 0 Å². The molecule has 0 bridgehead atoms. The van der Waals surface area contributed by atoms with E-state index in [0.29, 0.717) is 0 Å². The number of para-hydroxylation sites is 3. The Morgan fingerprint density at radius 2 is 0.915 bits per heavy atom. The summed E-state index contributed by atoms with van der Waals surface area (Å²) in [5, 5.41) is 9.66. The Kier molecular flexibility index (Phi) is 7.54. The molecule has 0 unspecified atom stereocenters.